The number of aliphatic imine (C=N–C) groups is 1. The van der Waals surface area contributed by atoms with Gasteiger partial charge >= 0.3 is 6.18 Å². The molecule has 10 heteroatoms. The van der Waals surface area contributed by atoms with Crippen LogP contribution in [0.2, 0.25) is 5.02 Å². The van der Waals surface area contributed by atoms with Crippen molar-refractivity contribution in [3.63, 3.8) is 0 Å². The fourth-order valence-electron chi connectivity index (χ4n) is 3.18. The van der Waals surface area contributed by atoms with Crippen molar-refractivity contribution in [2.45, 2.75) is 44.4 Å². The Morgan fingerprint density at radius 3 is 2.68 bits per heavy atom. The third kappa shape index (κ3) is 5.37. The van der Waals surface area contributed by atoms with Crippen molar-refractivity contribution in [3.8, 4) is 11.4 Å². The van der Waals surface area contributed by atoms with Crippen LogP contribution in [0, 0.1) is 5.92 Å². The van der Waals surface area contributed by atoms with Gasteiger partial charge in [-0.25, -0.2) is 0 Å². The Kier molecular flexibility index (Phi) is 6.43. The topological polar surface area (TPSA) is 75.3 Å². The Bertz CT molecular complexity index is 816. The second kappa shape index (κ2) is 8.81. The highest BCUT2D eigenvalue weighted by molar-refractivity contribution is 6.30. The van der Waals surface area contributed by atoms with Gasteiger partial charge in [-0.3, -0.25) is 4.99 Å². The standard InChI is InChI=1S/C18H21ClF3N5O/c1-23-17(25-14-7-5-12(6-8-14)18(20,21)22)24-10-15-26-16(27-28-15)11-3-2-4-13(19)9-11/h2-4,9,12,14H,5-8,10H2,1H3,(H2,23,24,25). The number of rotatable bonds is 4. The highest BCUT2D eigenvalue weighted by Crippen LogP contribution is 2.37. The van der Waals surface area contributed by atoms with Gasteiger partial charge in [-0.1, -0.05) is 28.9 Å². The van der Waals surface area contributed by atoms with E-state index in [2.05, 4.69) is 25.8 Å². The molecule has 1 aliphatic carbocycles. The van der Waals surface area contributed by atoms with E-state index in [0.29, 0.717) is 35.5 Å². The van der Waals surface area contributed by atoms with Crippen LogP contribution in [0.3, 0.4) is 0 Å². The molecule has 0 radical (unpaired) electrons. The maximum Gasteiger partial charge on any atom is 0.391 e. The number of hydrogen-bond donors (Lipinski definition) is 2. The molecule has 3 rings (SSSR count). The molecule has 0 unspecified atom stereocenters. The number of aromatic nitrogens is 2. The Balaban J connectivity index is 1.50. The van der Waals surface area contributed by atoms with E-state index in [4.69, 9.17) is 16.1 Å². The summed E-state index contributed by atoms with van der Waals surface area (Å²) in [4.78, 5) is 8.41. The molecule has 28 heavy (non-hydrogen) atoms. The molecular formula is C18H21ClF3N5O. The lowest BCUT2D eigenvalue weighted by Crippen LogP contribution is -2.45. The summed E-state index contributed by atoms with van der Waals surface area (Å²) in [6.07, 6.45) is -2.95. The van der Waals surface area contributed by atoms with E-state index < -0.39 is 12.1 Å². The van der Waals surface area contributed by atoms with E-state index in [1.54, 1.807) is 25.2 Å². The van der Waals surface area contributed by atoms with Gasteiger partial charge in [0.2, 0.25) is 11.7 Å². The molecule has 1 aliphatic rings. The summed E-state index contributed by atoms with van der Waals surface area (Å²) in [7, 11) is 1.60. The molecule has 0 amide bonds. The summed E-state index contributed by atoms with van der Waals surface area (Å²) in [5.41, 5.74) is 0.742. The maximum absolute atomic E-state index is 12.8. The molecule has 1 saturated carbocycles. The molecule has 6 nitrogen and oxygen atoms in total. The minimum Gasteiger partial charge on any atom is -0.354 e. The fraction of sp³-hybridized carbons (Fsp3) is 0.500. The monoisotopic (exact) mass is 415 g/mol. The normalized spacial score (nSPS) is 20.8. The first-order valence-corrected chi connectivity index (χ1v) is 9.35. The number of nitrogens with one attached hydrogen (secondary N) is 2. The highest BCUT2D eigenvalue weighted by atomic mass is 35.5. The highest BCUT2D eigenvalue weighted by Gasteiger charge is 2.41. The molecule has 1 fully saturated rings. The van der Waals surface area contributed by atoms with E-state index in [-0.39, 0.29) is 25.4 Å². The molecule has 0 saturated heterocycles. The van der Waals surface area contributed by atoms with Crippen LogP contribution >= 0.6 is 11.6 Å². The van der Waals surface area contributed by atoms with E-state index in [1.807, 2.05) is 6.07 Å². The van der Waals surface area contributed by atoms with Crippen molar-refractivity contribution in [1.82, 2.24) is 20.8 Å². The van der Waals surface area contributed by atoms with Crippen LogP contribution in [0.4, 0.5) is 13.2 Å². The summed E-state index contributed by atoms with van der Waals surface area (Å²) in [5.74, 6) is 0.0632. The lowest BCUT2D eigenvalue weighted by Gasteiger charge is -2.31. The number of guanidine groups is 1. The smallest absolute Gasteiger partial charge is 0.354 e. The summed E-state index contributed by atoms with van der Waals surface area (Å²) in [6, 6.07) is 7.07. The van der Waals surface area contributed by atoms with Gasteiger partial charge < -0.3 is 15.2 Å². The fourth-order valence-corrected chi connectivity index (χ4v) is 3.37. The van der Waals surface area contributed by atoms with E-state index >= 15 is 0 Å². The zero-order valence-corrected chi connectivity index (χ0v) is 16.0. The predicted molar refractivity (Wildman–Crippen MR) is 99.9 cm³/mol. The van der Waals surface area contributed by atoms with Crippen LogP contribution in [0.15, 0.2) is 33.8 Å². The second-order valence-corrected chi connectivity index (χ2v) is 7.12. The number of hydrogen-bond acceptors (Lipinski definition) is 4. The molecule has 0 aliphatic heterocycles. The average molecular weight is 416 g/mol. The van der Waals surface area contributed by atoms with Gasteiger partial charge in [-0.2, -0.15) is 18.2 Å². The Hall–Kier alpha value is -2.29. The van der Waals surface area contributed by atoms with Gasteiger partial charge in [-0.15, -0.1) is 0 Å². The molecule has 2 aromatic rings. The third-order valence-corrected chi connectivity index (χ3v) is 4.95. The van der Waals surface area contributed by atoms with Gasteiger partial charge in [-0.05, 0) is 37.8 Å². The minimum atomic E-state index is -4.11. The SMILES string of the molecule is CN=C(NCc1nc(-c2cccc(Cl)c2)no1)NC1CCC(C(F)(F)F)CC1. The van der Waals surface area contributed by atoms with Crippen molar-refractivity contribution in [2.75, 3.05) is 7.05 Å². The van der Waals surface area contributed by atoms with Crippen molar-refractivity contribution in [2.24, 2.45) is 10.9 Å². The van der Waals surface area contributed by atoms with Crippen molar-refractivity contribution < 1.29 is 17.7 Å². The van der Waals surface area contributed by atoms with Crippen molar-refractivity contribution >= 4 is 17.6 Å². The Labute approximate surface area is 165 Å². The van der Waals surface area contributed by atoms with Crippen LogP contribution in [0.25, 0.3) is 11.4 Å². The zero-order chi connectivity index (χ0) is 20.1. The summed E-state index contributed by atoms with van der Waals surface area (Å²) < 4.78 is 43.5. The lowest BCUT2D eigenvalue weighted by molar-refractivity contribution is -0.182. The summed E-state index contributed by atoms with van der Waals surface area (Å²) in [6.45, 7) is 0.241. The van der Waals surface area contributed by atoms with Crippen LogP contribution in [0.1, 0.15) is 31.6 Å². The molecule has 1 aromatic carbocycles. The molecular weight excluding hydrogens is 395 g/mol. The Morgan fingerprint density at radius 2 is 2.04 bits per heavy atom. The number of halogens is 4. The van der Waals surface area contributed by atoms with Crippen LogP contribution < -0.4 is 10.6 Å². The Morgan fingerprint density at radius 1 is 1.29 bits per heavy atom. The van der Waals surface area contributed by atoms with Gasteiger partial charge in [0.25, 0.3) is 0 Å². The summed E-state index contributed by atoms with van der Waals surface area (Å²) >= 11 is 5.96. The third-order valence-electron chi connectivity index (χ3n) is 4.71. The van der Waals surface area contributed by atoms with E-state index in [9.17, 15) is 13.2 Å². The van der Waals surface area contributed by atoms with Crippen molar-refractivity contribution in [3.05, 3.63) is 35.2 Å². The molecule has 0 atom stereocenters. The minimum absolute atomic E-state index is 0.0468. The number of alkyl halides is 3. The molecule has 152 valence electrons. The van der Waals surface area contributed by atoms with Crippen LogP contribution in [-0.2, 0) is 6.54 Å². The van der Waals surface area contributed by atoms with E-state index in [0.717, 1.165) is 5.56 Å². The van der Waals surface area contributed by atoms with Gasteiger partial charge in [0.15, 0.2) is 5.96 Å². The van der Waals surface area contributed by atoms with Crippen molar-refractivity contribution in [1.29, 1.82) is 0 Å². The molecule has 2 N–H and O–H groups in total. The van der Waals surface area contributed by atoms with Gasteiger partial charge in [0.05, 0.1) is 12.5 Å². The average Bonchev–Trinajstić information content (AvgIpc) is 3.14. The molecule has 1 aromatic heterocycles. The maximum atomic E-state index is 12.8. The zero-order valence-electron chi connectivity index (χ0n) is 15.3. The largest absolute Gasteiger partial charge is 0.391 e. The first-order valence-electron chi connectivity index (χ1n) is 8.97. The summed E-state index contributed by atoms with van der Waals surface area (Å²) in [5, 5.41) is 10.7. The molecule has 0 spiro atoms. The first kappa shape index (κ1) is 20.4. The van der Waals surface area contributed by atoms with E-state index in [1.165, 1.54) is 0 Å². The first-order chi connectivity index (χ1) is 13.3. The second-order valence-electron chi connectivity index (χ2n) is 6.68. The van der Waals surface area contributed by atoms with Gasteiger partial charge in [0, 0.05) is 23.7 Å². The predicted octanol–water partition coefficient (Wildman–Crippen LogP) is 4.18. The van der Waals surface area contributed by atoms with Crippen LogP contribution in [0.5, 0.6) is 0 Å². The van der Waals surface area contributed by atoms with Gasteiger partial charge in [0.1, 0.15) is 0 Å². The molecule has 1 heterocycles. The lowest BCUT2D eigenvalue weighted by atomic mass is 9.85. The van der Waals surface area contributed by atoms with Crippen LogP contribution in [-0.4, -0.2) is 35.4 Å². The molecule has 0 bridgehead atoms. The quantitative estimate of drug-likeness (QED) is 0.579. The number of nitrogens with zero attached hydrogens (tertiary/aromatic N) is 3. The number of benzene rings is 1.